The predicted molar refractivity (Wildman–Crippen MR) is 63.4 cm³/mol. The van der Waals surface area contributed by atoms with Crippen LogP contribution in [0.4, 0.5) is 0 Å². The fourth-order valence-corrected chi connectivity index (χ4v) is 1.45. The highest BCUT2D eigenvalue weighted by Gasteiger charge is 2.10. The zero-order valence-corrected chi connectivity index (χ0v) is 9.76. The minimum Gasteiger partial charge on any atom is -0.490 e. The van der Waals surface area contributed by atoms with Crippen LogP contribution in [0.3, 0.4) is 0 Å². The first-order valence-electron chi connectivity index (χ1n) is 5.59. The van der Waals surface area contributed by atoms with Crippen LogP contribution >= 0.6 is 0 Å². The Morgan fingerprint density at radius 2 is 2.06 bits per heavy atom. The van der Waals surface area contributed by atoms with Gasteiger partial charge in [0.25, 0.3) is 0 Å². The molecule has 0 saturated carbocycles. The maximum atomic E-state index is 10.5. The Hall–Kier alpha value is -1.84. The fourth-order valence-electron chi connectivity index (χ4n) is 1.45. The maximum Gasteiger partial charge on any atom is 0.303 e. The number of hydrogen-bond acceptors (Lipinski definition) is 3. The molecule has 0 fully saturated rings. The number of benzene rings is 1. The molecule has 4 heteroatoms. The molecule has 1 aromatic carbocycles. The number of ether oxygens (including phenoxy) is 1. The van der Waals surface area contributed by atoms with Crippen LogP contribution in [0.2, 0.25) is 0 Å². The summed E-state index contributed by atoms with van der Waals surface area (Å²) in [5.41, 5.74) is 0.593. The Balaban J connectivity index is 2.54. The van der Waals surface area contributed by atoms with Gasteiger partial charge in [-0.15, -0.1) is 0 Å². The van der Waals surface area contributed by atoms with Crippen LogP contribution in [0.1, 0.15) is 36.5 Å². The van der Waals surface area contributed by atoms with Gasteiger partial charge in [-0.3, -0.25) is 9.59 Å². The molecule has 1 rings (SSSR count). The third kappa shape index (κ3) is 4.68. The Morgan fingerprint density at radius 1 is 1.41 bits per heavy atom. The van der Waals surface area contributed by atoms with Gasteiger partial charge in [0.15, 0.2) is 0 Å². The van der Waals surface area contributed by atoms with E-state index < -0.39 is 5.97 Å². The molecule has 0 saturated heterocycles. The van der Waals surface area contributed by atoms with Crippen molar-refractivity contribution in [3.63, 3.8) is 0 Å². The molecule has 1 atom stereocenters. The van der Waals surface area contributed by atoms with Crippen molar-refractivity contribution in [2.75, 3.05) is 0 Å². The monoisotopic (exact) mass is 236 g/mol. The highest BCUT2D eigenvalue weighted by molar-refractivity contribution is 5.74. The van der Waals surface area contributed by atoms with Crippen molar-refractivity contribution in [3.8, 4) is 5.75 Å². The molecule has 92 valence electrons. The normalized spacial score (nSPS) is 11.8. The molecule has 0 aliphatic rings. The van der Waals surface area contributed by atoms with Crippen molar-refractivity contribution in [1.29, 1.82) is 0 Å². The van der Waals surface area contributed by atoms with Gasteiger partial charge in [-0.25, -0.2) is 0 Å². The van der Waals surface area contributed by atoms with Crippen molar-refractivity contribution in [1.82, 2.24) is 0 Å². The van der Waals surface area contributed by atoms with Crippen molar-refractivity contribution >= 4 is 12.3 Å². The Kier molecular flexibility index (Phi) is 5.20. The summed E-state index contributed by atoms with van der Waals surface area (Å²) in [5.74, 6) is -0.156. The van der Waals surface area contributed by atoms with Crippen molar-refractivity contribution in [2.24, 2.45) is 0 Å². The lowest BCUT2D eigenvalue weighted by atomic mass is 10.1. The fraction of sp³-hybridized carbons (Fsp3) is 0.385. The number of carboxylic acid groups (broad SMARTS) is 1. The van der Waals surface area contributed by atoms with E-state index in [1.807, 2.05) is 6.92 Å². The van der Waals surface area contributed by atoms with Gasteiger partial charge >= 0.3 is 5.97 Å². The highest BCUT2D eigenvalue weighted by Crippen LogP contribution is 2.16. The first kappa shape index (κ1) is 13.2. The average molecular weight is 236 g/mol. The second-order valence-corrected chi connectivity index (χ2v) is 3.77. The van der Waals surface area contributed by atoms with Gasteiger partial charge in [0.2, 0.25) is 0 Å². The van der Waals surface area contributed by atoms with Crippen molar-refractivity contribution < 1.29 is 19.4 Å². The minimum absolute atomic E-state index is 0.102. The largest absolute Gasteiger partial charge is 0.490 e. The van der Waals surface area contributed by atoms with E-state index in [0.717, 1.165) is 12.7 Å². The number of carbonyl (C=O) groups excluding carboxylic acids is 1. The third-order valence-corrected chi connectivity index (χ3v) is 2.45. The Bertz CT molecular complexity index is 370. The molecular weight excluding hydrogens is 220 g/mol. The zero-order valence-electron chi connectivity index (χ0n) is 9.76. The van der Waals surface area contributed by atoms with E-state index in [2.05, 4.69) is 0 Å². The Labute approximate surface area is 100 Å². The first-order chi connectivity index (χ1) is 8.15. The summed E-state index contributed by atoms with van der Waals surface area (Å²) >= 11 is 0. The van der Waals surface area contributed by atoms with Crippen molar-refractivity contribution in [2.45, 2.75) is 32.3 Å². The molecule has 0 bridgehead atoms. The van der Waals surface area contributed by atoms with Gasteiger partial charge in [0, 0.05) is 12.0 Å². The number of aldehydes is 1. The molecule has 0 spiro atoms. The number of aliphatic carboxylic acids is 1. The number of carbonyl (C=O) groups is 2. The third-order valence-electron chi connectivity index (χ3n) is 2.45. The maximum absolute atomic E-state index is 10.5. The zero-order chi connectivity index (χ0) is 12.7. The molecule has 0 aliphatic carbocycles. The molecule has 1 N–H and O–H groups in total. The van der Waals surface area contributed by atoms with Crippen LogP contribution in [0.25, 0.3) is 0 Å². The summed E-state index contributed by atoms with van der Waals surface area (Å²) in [6, 6.07) is 6.78. The lowest BCUT2D eigenvalue weighted by Crippen LogP contribution is -2.16. The van der Waals surface area contributed by atoms with Gasteiger partial charge in [-0.05, 0) is 37.1 Å². The topological polar surface area (TPSA) is 63.6 Å². The van der Waals surface area contributed by atoms with Gasteiger partial charge in [0.1, 0.15) is 12.0 Å². The predicted octanol–water partition coefficient (Wildman–Crippen LogP) is 2.52. The van der Waals surface area contributed by atoms with Crippen LogP contribution in [0.5, 0.6) is 5.75 Å². The van der Waals surface area contributed by atoms with Gasteiger partial charge in [-0.1, -0.05) is 6.92 Å². The second-order valence-electron chi connectivity index (χ2n) is 3.77. The summed E-state index contributed by atoms with van der Waals surface area (Å²) in [7, 11) is 0. The van der Waals surface area contributed by atoms with E-state index >= 15 is 0 Å². The number of hydrogen-bond donors (Lipinski definition) is 1. The highest BCUT2D eigenvalue weighted by atomic mass is 16.5. The van der Waals surface area contributed by atoms with Crippen LogP contribution < -0.4 is 4.74 Å². The summed E-state index contributed by atoms with van der Waals surface area (Å²) < 4.78 is 5.63. The summed E-state index contributed by atoms with van der Waals surface area (Å²) in [6.07, 6.45) is 2.01. The van der Waals surface area contributed by atoms with E-state index in [1.54, 1.807) is 24.3 Å². The molecule has 1 unspecified atom stereocenters. The quantitative estimate of drug-likeness (QED) is 0.739. The SMILES string of the molecule is CCC(CCC(=O)O)Oc1ccc(C=O)cc1. The molecule has 0 aromatic heterocycles. The average Bonchev–Trinajstić information content (AvgIpc) is 2.35. The molecule has 17 heavy (non-hydrogen) atoms. The lowest BCUT2D eigenvalue weighted by molar-refractivity contribution is -0.137. The molecule has 4 nitrogen and oxygen atoms in total. The first-order valence-corrected chi connectivity index (χ1v) is 5.59. The molecule has 0 amide bonds. The molecule has 1 aromatic rings. The van der Waals surface area contributed by atoms with Crippen LogP contribution in [0, 0.1) is 0 Å². The van der Waals surface area contributed by atoms with Crippen LogP contribution in [-0.2, 0) is 4.79 Å². The van der Waals surface area contributed by atoms with Crippen LogP contribution in [-0.4, -0.2) is 23.5 Å². The van der Waals surface area contributed by atoms with E-state index in [-0.39, 0.29) is 12.5 Å². The van der Waals surface area contributed by atoms with Gasteiger partial charge < -0.3 is 9.84 Å². The van der Waals surface area contributed by atoms with E-state index in [1.165, 1.54) is 0 Å². The Morgan fingerprint density at radius 3 is 2.53 bits per heavy atom. The summed E-state index contributed by atoms with van der Waals surface area (Å²) in [6.45, 7) is 1.95. The minimum atomic E-state index is -0.816. The summed E-state index contributed by atoms with van der Waals surface area (Å²) in [5, 5.41) is 8.60. The number of rotatable bonds is 7. The van der Waals surface area contributed by atoms with Gasteiger partial charge in [-0.2, -0.15) is 0 Å². The lowest BCUT2D eigenvalue weighted by Gasteiger charge is -2.16. The molecule has 0 aliphatic heterocycles. The van der Waals surface area contributed by atoms with Crippen LogP contribution in [0.15, 0.2) is 24.3 Å². The molecular formula is C13H16O4. The van der Waals surface area contributed by atoms with E-state index in [4.69, 9.17) is 9.84 Å². The van der Waals surface area contributed by atoms with E-state index in [9.17, 15) is 9.59 Å². The smallest absolute Gasteiger partial charge is 0.303 e. The molecule has 0 heterocycles. The van der Waals surface area contributed by atoms with Gasteiger partial charge in [0.05, 0.1) is 6.10 Å². The van der Waals surface area contributed by atoms with E-state index in [0.29, 0.717) is 17.7 Å². The second kappa shape index (κ2) is 6.68. The standard InChI is InChI=1S/C13H16O4/c1-2-11(7-8-13(15)16)17-12-5-3-10(9-14)4-6-12/h3-6,9,11H,2,7-8H2,1H3,(H,15,16). The summed E-state index contributed by atoms with van der Waals surface area (Å²) in [4.78, 5) is 20.9. The number of carboxylic acids is 1. The van der Waals surface area contributed by atoms with Crippen molar-refractivity contribution in [3.05, 3.63) is 29.8 Å². The molecule has 0 radical (unpaired) electrons.